The zero-order valence-corrected chi connectivity index (χ0v) is 15.1. The van der Waals surface area contributed by atoms with Gasteiger partial charge in [0.2, 0.25) is 11.5 Å². The number of rotatable bonds is 3. The van der Waals surface area contributed by atoms with E-state index in [1.807, 2.05) is 0 Å². The van der Waals surface area contributed by atoms with Crippen LogP contribution in [0.2, 0.25) is 0 Å². The van der Waals surface area contributed by atoms with Crippen molar-refractivity contribution in [1.29, 1.82) is 0 Å². The van der Waals surface area contributed by atoms with Crippen LogP contribution in [0, 0.1) is 0 Å². The highest BCUT2D eigenvalue weighted by molar-refractivity contribution is 6.70. The fourth-order valence-corrected chi connectivity index (χ4v) is 3.25. The molecule has 1 saturated heterocycles. The van der Waals surface area contributed by atoms with Gasteiger partial charge in [-0.2, -0.15) is 9.48 Å². The molecule has 4 amide bonds. The van der Waals surface area contributed by atoms with Crippen LogP contribution in [0.5, 0.6) is 0 Å². The van der Waals surface area contributed by atoms with E-state index in [1.165, 1.54) is 17.9 Å². The highest BCUT2D eigenvalue weighted by atomic mass is 16.3. The summed E-state index contributed by atoms with van der Waals surface area (Å²) in [5.41, 5.74) is 0.196. The lowest BCUT2D eigenvalue weighted by atomic mass is 10.2. The Morgan fingerprint density at radius 3 is 2.63 bits per heavy atom. The van der Waals surface area contributed by atoms with E-state index in [9.17, 15) is 14.4 Å². The first-order valence-corrected chi connectivity index (χ1v) is 8.60. The van der Waals surface area contributed by atoms with Gasteiger partial charge in [-0.25, -0.2) is 14.6 Å². The highest BCUT2D eigenvalue weighted by Crippen LogP contribution is 2.13. The van der Waals surface area contributed by atoms with Gasteiger partial charge in [-0.3, -0.25) is 9.69 Å². The summed E-state index contributed by atoms with van der Waals surface area (Å²) < 4.78 is 6.49. The molecule has 1 aromatic heterocycles. The number of urea groups is 1. The minimum atomic E-state index is -0.444. The zero-order chi connectivity index (χ0) is 19.1. The van der Waals surface area contributed by atoms with Crippen LogP contribution in [0.15, 0.2) is 32.8 Å². The number of aliphatic imine (C=N–C) groups is 2. The maximum atomic E-state index is 12.3. The number of piperazine rings is 1. The molecule has 1 fully saturated rings. The first-order chi connectivity index (χ1) is 13.0. The summed E-state index contributed by atoms with van der Waals surface area (Å²) in [4.78, 5) is 50.1. The number of carbonyl (C=O) groups is 3. The molecule has 0 aliphatic carbocycles. The monoisotopic (exact) mass is 371 g/mol. The van der Waals surface area contributed by atoms with Crippen LogP contribution in [0.3, 0.4) is 0 Å². The van der Waals surface area contributed by atoms with Gasteiger partial charge >= 0.3 is 17.8 Å². The Hall–Kier alpha value is -3.14. The van der Waals surface area contributed by atoms with E-state index in [1.54, 1.807) is 24.1 Å². The summed E-state index contributed by atoms with van der Waals surface area (Å²) in [6.45, 7) is 2.91. The lowest BCUT2D eigenvalue weighted by Crippen LogP contribution is -2.51. The van der Waals surface area contributed by atoms with Gasteiger partial charge < -0.3 is 9.32 Å². The number of carbonyl (C=O) groups excluding carboxylic acids is 3. The summed E-state index contributed by atoms with van der Waals surface area (Å²) in [5.74, 6) is 0.568. The maximum absolute atomic E-state index is 12.3. The molecule has 4 rings (SSSR count). The summed E-state index contributed by atoms with van der Waals surface area (Å²) in [6, 6.07) is 2.92. The molecule has 10 heteroatoms. The molecule has 10 nitrogen and oxygen atoms in total. The lowest BCUT2D eigenvalue weighted by Gasteiger charge is -2.33. The second-order valence-corrected chi connectivity index (χ2v) is 6.56. The molecule has 0 radical (unpaired) electrons. The van der Waals surface area contributed by atoms with Gasteiger partial charge in [-0.15, -0.1) is 0 Å². The van der Waals surface area contributed by atoms with Crippen molar-refractivity contribution < 1.29 is 23.4 Å². The molecule has 140 valence electrons. The standard InChI is InChI=1S/C17H19N6O4/c1-20-14-13(16(25)21(2)17(20)26)18-12(19-14)10-22-5-7-23(8-6-22)15(24)11-4-3-9-27-11/h3-4,9H,5-8,10H2,1-2H3/q+1. The van der Waals surface area contributed by atoms with Crippen molar-refractivity contribution in [3.05, 3.63) is 24.2 Å². The van der Waals surface area contributed by atoms with Gasteiger partial charge in [0.25, 0.3) is 5.91 Å². The van der Waals surface area contributed by atoms with Crippen molar-refractivity contribution in [3.8, 4) is 0 Å². The van der Waals surface area contributed by atoms with Gasteiger partial charge in [-0.1, -0.05) is 4.99 Å². The summed E-state index contributed by atoms with van der Waals surface area (Å²) >= 11 is 0. The summed E-state index contributed by atoms with van der Waals surface area (Å²) in [5, 5.41) is 0. The van der Waals surface area contributed by atoms with Gasteiger partial charge in [0.15, 0.2) is 5.76 Å². The molecule has 4 heterocycles. The quantitative estimate of drug-likeness (QED) is 0.668. The highest BCUT2D eigenvalue weighted by Gasteiger charge is 2.44. The first-order valence-electron chi connectivity index (χ1n) is 8.60. The van der Waals surface area contributed by atoms with Gasteiger partial charge in [0.1, 0.15) is 0 Å². The number of furan rings is 1. The first kappa shape index (κ1) is 17.3. The maximum Gasteiger partial charge on any atom is 0.446 e. The number of fused-ring (bicyclic) bond motifs is 1. The molecule has 0 atom stereocenters. The Labute approximate surface area is 155 Å². The van der Waals surface area contributed by atoms with E-state index in [2.05, 4.69) is 14.9 Å². The van der Waals surface area contributed by atoms with Crippen LogP contribution >= 0.6 is 0 Å². The Kier molecular flexibility index (Phi) is 4.19. The van der Waals surface area contributed by atoms with Crippen LogP contribution in [-0.4, -0.2) is 101 Å². The Morgan fingerprint density at radius 1 is 1.22 bits per heavy atom. The van der Waals surface area contributed by atoms with E-state index in [4.69, 9.17) is 4.42 Å². The molecule has 0 saturated carbocycles. The van der Waals surface area contributed by atoms with Crippen molar-refractivity contribution >= 4 is 35.2 Å². The number of hydrogen-bond donors (Lipinski definition) is 0. The summed E-state index contributed by atoms with van der Waals surface area (Å²) in [7, 11) is 3.00. The molecule has 3 aliphatic rings. The van der Waals surface area contributed by atoms with E-state index in [-0.39, 0.29) is 11.6 Å². The third-order valence-corrected chi connectivity index (χ3v) is 4.84. The van der Waals surface area contributed by atoms with Gasteiger partial charge in [0.05, 0.1) is 26.9 Å². The molecule has 0 N–H and O–H groups in total. The normalized spacial score (nSPS) is 20.8. The van der Waals surface area contributed by atoms with Crippen molar-refractivity contribution in [2.75, 3.05) is 46.8 Å². The number of nitrogens with zero attached hydrogens (tertiary/aromatic N) is 6. The van der Waals surface area contributed by atoms with Crippen molar-refractivity contribution in [2.45, 2.75) is 0 Å². The van der Waals surface area contributed by atoms with Gasteiger partial charge in [0, 0.05) is 26.2 Å². The summed E-state index contributed by atoms with van der Waals surface area (Å²) in [6.07, 6.45) is 1.48. The third kappa shape index (κ3) is 2.97. The van der Waals surface area contributed by atoms with Crippen molar-refractivity contribution in [1.82, 2.24) is 14.7 Å². The van der Waals surface area contributed by atoms with Crippen molar-refractivity contribution in [3.63, 3.8) is 0 Å². The topological polar surface area (TPSA) is 102 Å². The minimum absolute atomic E-state index is 0.117. The van der Waals surface area contributed by atoms with Crippen molar-refractivity contribution in [2.24, 2.45) is 9.98 Å². The molecule has 0 unspecified atom stereocenters. The van der Waals surface area contributed by atoms with E-state index in [0.717, 1.165) is 4.90 Å². The SMILES string of the molecule is CN1C(=O)C2=NC(CN3CCN(C(=O)c4ccco4)CC3)=NC2=[N+](C)C1=O. The molecular formula is C17H19N6O4+. The van der Waals surface area contributed by atoms with Crippen LogP contribution in [0.1, 0.15) is 10.6 Å². The lowest BCUT2D eigenvalue weighted by molar-refractivity contribution is -0.401. The number of imide groups is 1. The number of amidine groups is 2. The molecule has 27 heavy (non-hydrogen) atoms. The zero-order valence-electron chi connectivity index (χ0n) is 15.1. The average Bonchev–Trinajstić information content (AvgIpc) is 3.35. The second kappa shape index (κ2) is 6.54. The fraction of sp³-hybridized carbons (Fsp3) is 0.412. The van der Waals surface area contributed by atoms with Gasteiger partial charge in [-0.05, 0) is 12.1 Å². The van der Waals surface area contributed by atoms with Crippen LogP contribution < -0.4 is 0 Å². The van der Waals surface area contributed by atoms with E-state index in [0.29, 0.717) is 50.2 Å². The predicted molar refractivity (Wildman–Crippen MR) is 95.3 cm³/mol. The average molecular weight is 371 g/mol. The molecule has 0 aromatic carbocycles. The predicted octanol–water partition coefficient (Wildman–Crippen LogP) is -0.477. The van der Waals surface area contributed by atoms with E-state index < -0.39 is 11.9 Å². The number of hydrogen-bond acceptors (Lipinski definition) is 7. The smallest absolute Gasteiger partial charge is 0.446 e. The third-order valence-electron chi connectivity index (χ3n) is 4.84. The van der Waals surface area contributed by atoms with Crippen LogP contribution in [-0.2, 0) is 4.79 Å². The molecular weight excluding hydrogens is 352 g/mol. The molecule has 3 aliphatic heterocycles. The molecule has 0 bridgehead atoms. The molecule has 0 spiro atoms. The number of amides is 4. The fourth-order valence-electron chi connectivity index (χ4n) is 3.25. The van der Waals surface area contributed by atoms with Crippen LogP contribution in [0.4, 0.5) is 4.79 Å². The Morgan fingerprint density at radius 2 is 1.96 bits per heavy atom. The van der Waals surface area contributed by atoms with E-state index >= 15 is 0 Å². The Balaban J connectivity index is 1.41. The largest absolute Gasteiger partial charge is 0.459 e. The minimum Gasteiger partial charge on any atom is -0.459 e. The second-order valence-electron chi connectivity index (χ2n) is 6.56. The Bertz CT molecular complexity index is 906. The van der Waals surface area contributed by atoms with Crippen LogP contribution in [0.25, 0.3) is 0 Å². The molecule has 1 aromatic rings.